The molecule has 0 fully saturated rings. The molecule has 0 heterocycles. The van der Waals surface area contributed by atoms with Gasteiger partial charge in [0.1, 0.15) is 5.75 Å². The molecule has 0 aliphatic rings. The zero-order chi connectivity index (χ0) is 15.8. The lowest BCUT2D eigenvalue weighted by molar-refractivity contribution is -0.150. The van der Waals surface area contributed by atoms with Gasteiger partial charge in [0.2, 0.25) is 0 Å². The van der Waals surface area contributed by atoms with E-state index in [0.717, 1.165) is 5.56 Å². The van der Waals surface area contributed by atoms with Crippen LogP contribution in [0.2, 0.25) is 0 Å². The lowest BCUT2D eigenvalue weighted by Gasteiger charge is -2.17. The fraction of sp³-hybridized carbons (Fsp3) is 0.500. The summed E-state index contributed by atoms with van der Waals surface area (Å²) < 4.78 is 10.2. The number of carbonyl (C=O) groups is 2. The maximum absolute atomic E-state index is 11.6. The summed E-state index contributed by atoms with van der Waals surface area (Å²) in [4.78, 5) is 23.1. The van der Waals surface area contributed by atoms with Crippen molar-refractivity contribution < 1.29 is 19.1 Å². The number of hydrogen-bond donors (Lipinski definition) is 1. The molecule has 1 N–H and O–H groups in total. The number of nitrogens with one attached hydrogen (secondary N) is 1. The number of amides is 1. The van der Waals surface area contributed by atoms with Crippen LogP contribution in [0.5, 0.6) is 5.75 Å². The molecular weight excluding hydrogens is 270 g/mol. The van der Waals surface area contributed by atoms with Gasteiger partial charge in [-0.05, 0) is 31.4 Å². The number of aryl methyl sites for hydroxylation is 1. The van der Waals surface area contributed by atoms with E-state index in [9.17, 15) is 9.59 Å². The van der Waals surface area contributed by atoms with Gasteiger partial charge >= 0.3 is 5.97 Å². The first-order valence-electron chi connectivity index (χ1n) is 7.03. The SMILES string of the molecule is Cc1ccccc1OCC(=O)OCC(=O)N[C@H](C)C(C)C. The topological polar surface area (TPSA) is 64.6 Å². The second-order valence-corrected chi connectivity index (χ2v) is 5.32. The van der Waals surface area contributed by atoms with Crippen LogP contribution in [0.1, 0.15) is 26.3 Å². The van der Waals surface area contributed by atoms with E-state index in [2.05, 4.69) is 5.32 Å². The minimum atomic E-state index is -0.564. The van der Waals surface area contributed by atoms with Crippen molar-refractivity contribution in [1.82, 2.24) is 5.32 Å². The van der Waals surface area contributed by atoms with Crippen molar-refractivity contribution in [2.24, 2.45) is 5.92 Å². The van der Waals surface area contributed by atoms with Crippen molar-refractivity contribution in [2.75, 3.05) is 13.2 Å². The molecule has 5 heteroatoms. The molecule has 21 heavy (non-hydrogen) atoms. The standard InChI is InChI=1S/C16H23NO4/c1-11(2)13(4)17-15(18)9-21-16(19)10-20-14-8-6-5-7-12(14)3/h5-8,11,13H,9-10H2,1-4H3,(H,17,18)/t13-/m1/s1. The van der Waals surface area contributed by atoms with Crippen molar-refractivity contribution in [3.8, 4) is 5.75 Å². The van der Waals surface area contributed by atoms with E-state index in [-0.39, 0.29) is 25.2 Å². The largest absolute Gasteiger partial charge is 0.482 e. The number of hydrogen-bond acceptors (Lipinski definition) is 4. The summed E-state index contributed by atoms with van der Waals surface area (Å²) in [6, 6.07) is 7.43. The highest BCUT2D eigenvalue weighted by Crippen LogP contribution is 2.15. The molecule has 0 unspecified atom stereocenters. The third-order valence-electron chi connectivity index (χ3n) is 3.19. The first kappa shape index (κ1) is 17.0. The highest BCUT2D eigenvalue weighted by molar-refractivity contribution is 5.81. The smallest absolute Gasteiger partial charge is 0.344 e. The lowest BCUT2D eigenvalue weighted by Crippen LogP contribution is -2.39. The van der Waals surface area contributed by atoms with Crippen molar-refractivity contribution in [1.29, 1.82) is 0 Å². The summed E-state index contributed by atoms with van der Waals surface area (Å²) in [7, 11) is 0. The van der Waals surface area contributed by atoms with Crippen LogP contribution in [-0.4, -0.2) is 31.1 Å². The Labute approximate surface area is 125 Å². The van der Waals surface area contributed by atoms with Gasteiger partial charge in [-0.1, -0.05) is 32.0 Å². The van der Waals surface area contributed by atoms with Crippen molar-refractivity contribution in [2.45, 2.75) is 33.7 Å². The molecule has 1 rings (SSSR count). The maximum atomic E-state index is 11.6. The van der Waals surface area contributed by atoms with Crippen LogP contribution in [0.25, 0.3) is 0 Å². The molecule has 0 aromatic heterocycles. The molecule has 5 nitrogen and oxygen atoms in total. The Morgan fingerprint density at radius 2 is 1.81 bits per heavy atom. The van der Waals surface area contributed by atoms with Gasteiger partial charge in [-0.25, -0.2) is 4.79 Å². The van der Waals surface area contributed by atoms with Gasteiger partial charge in [0, 0.05) is 6.04 Å². The highest BCUT2D eigenvalue weighted by Gasteiger charge is 2.13. The average molecular weight is 293 g/mol. The predicted octanol–water partition coefficient (Wildman–Crippen LogP) is 2.08. The van der Waals surface area contributed by atoms with Crippen LogP contribution in [-0.2, 0) is 14.3 Å². The third-order valence-corrected chi connectivity index (χ3v) is 3.19. The summed E-state index contributed by atoms with van der Waals surface area (Å²) in [5, 5.41) is 2.76. The van der Waals surface area contributed by atoms with E-state index in [1.54, 1.807) is 6.07 Å². The molecule has 0 saturated heterocycles. The van der Waals surface area contributed by atoms with E-state index >= 15 is 0 Å². The Morgan fingerprint density at radius 1 is 1.14 bits per heavy atom. The monoisotopic (exact) mass is 293 g/mol. The number of benzene rings is 1. The Bertz CT molecular complexity index is 485. The number of esters is 1. The van der Waals surface area contributed by atoms with Crippen molar-refractivity contribution in [3.05, 3.63) is 29.8 Å². The van der Waals surface area contributed by atoms with Crippen molar-refractivity contribution in [3.63, 3.8) is 0 Å². The Morgan fingerprint density at radius 3 is 2.43 bits per heavy atom. The van der Waals surface area contributed by atoms with Crippen LogP contribution in [0.4, 0.5) is 0 Å². The number of carbonyl (C=O) groups excluding carboxylic acids is 2. The van der Waals surface area contributed by atoms with Gasteiger partial charge in [0.25, 0.3) is 5.91 Å². The minimum absolute atomic E-state index is 0.0411. The van der Waals surface area contributed by atoms with Gasteiger partial charge in [0.05, 0.1) is 0 Å². The minimum Gasteiger partial charge on any atom is -0.482 e. The van der Waals surface area contributed by atoms with Crippen LogP contribution < -0.4 is 10.1 Å². The number of para-hydroxylation sites is 1. The molecule has 0 saturated carbocycles. The van der Waals surface area contributed by atoms with Crippen LogP contribution in [0.15, 0.2) is 24.3 Å². The fourth-order valence-electron chi connectivity index (χ4n) is 1.51. The molecule has 0 aliphatic heterocycles. The zero-order valence-corrected chi connectivity index (χ0v) is 13.0. The van der Waals surface area contributed by atoms with E-state index in [1.165, 1.54) is 0 Å². The quantitative estimate of drug-likeness (QED) is 0.782. The molecule has 0 bridgehead atoms. The van der Waals surface area contributed by atoms with Gasteiger partial charge in [-0.2, -0.15) is 0 Å². The molecule has 116 valence electrons. The summed E-state index contributed by atoms with van der Waals surface area (Å²) in [5.41, 5.74) is 0.939. The molecular formula is C16H23NO4. The molecule has 0 aliphatic carbocycles. The fourth-order valence-corrected chi connectivity index (χ4v) is 1.51. The van der Waals surface area contributed by atoms with Gasteiger partial charge in [0.15, 0.2) is 13.2 Å². The maximum Gasteiger partial charge on any atom is 0.344 e. The first-order chi connectivity index (χ1) is 9.90. The lowest BCUT2D eigenvalue weighted by atomic mass is 10.1. The van der Waals surface area contributed by atoms with Gasteiger partial charge < -0.3 is 14.8 Å². The van der Waals surface area contributed by atoms with Crippen molar-refractivity contribution >= 4 is 11.9 Å². The van der Waals surface area contributed by atoms with Gasteiger partial charge in [-0.15, -0.1) is 0 Å². The molecule has 0 radical (unpaired) electrons. The predicted molar refractivity (Wildman–Crippen MR) is 80.1 cm³/mol. The van der Waals surface area contributed by atoms with E-state index < -0.39 is 5.97 Å². The van der Waals surface area contributed by atoms with E-state index in [0.29, 0.717) is 11.7 Å². The van der Waals surface area contributed by atoms with E-state index in [4.69, 9.17) is 9.47 Å². The van der Waals surface area contributed by atoms with Crippen LogP contribution >= 0.6 is 0 Å². The Hall–Kier alpha value is -2.04. The molecule has 1 amide bonds. The normalized spacial score (nSPS) is 11.9. The molecule has 1 aromatic rings. The molecule has 1 atom stereocenters. The summed E-state index contributed by atoms with van der Waals surface area (Å²) in [6.45, 7) is 7.32. The van der Waals surface area contributed by atoms with E-state index in [1.807, 2.05) is 45.9 Å². The third kappa shape index (κ3) is 6.29. The second kappa shape index (κ2) is 8.29. The summed E-state index contributed by atoms with van der Waals surface area (Å²) >= 11 is 0. The summed E-state index contributed by atoms with van der Waals surface area (Å²) in [6.07, 6.45) is 0. The molecule has 1 aromatic carbocycles. The molecule has 0 spiro atoms. The first-order valence-corrected chi connectivity index (χ1v) is 7.03. The average Bonchev–Trinajstić information content (AvgIpc) is 2.44. The number of ether oxygens (including phenoxy) is 2. The van der Waals surface area contributed by atoms with Gasteiger partial charge in [-0.3, -0.25) is 4.79 Å². The highest BCUT2D eigenvalue weighted by atomic mass is 16.6. The Balaban J connectivity index is 2.28. The zero-order valence-electron chi connectivity index (χ0n) is 13.0. The van der Waals surface area contributed by atoms with Crippen LogP contribution in [0.3, 0.4) is 0 Å². The van der Waals surface area contributed by atoms with Crippen LogP contribution in [0, 0.1) is 12.8 Å². The second-order valence-electron chi connectivity index (χ2n) is 5.32. The number of rotatable bonds is 7. The Kier molecular flexibility index (Phi) is 6.72. The summed E-state index contributed by atoms with van der Waals surface area (Å²) in [5.74, 6) is 0.0902.